The van der Waals surface area contributed by atoms with Gasteiger partial charge in [-0.1, -0.05) is 29.8 Å². The summed E-state index contributed by atoms with van der Waals surface area (Å²) in [4.78, 5) is 0. The van der Waals surface area contributed by atoms with Crippen LogP contribution in [0.1, 0.15) is 16.7 Å². The van der Waals surface area contributed by atoms with E-state index in [1.165, 1.54) is 0 Å². The Morgan fingerprint density at radius 3 is 2.52 bits per heavy atom. The van der Waals surface area contributed by atoms with Crippen LogP contribution in [-0.2, 0) is 29.4 Å². The Morgan fingerprint density at radius 2 is 1.84 bits per heavy atom. The molecule has 132 valence electrons. The van der Waals surface area contributed by atoms with Crippen LogP contribution in [0.3, 0.4) is 0 Å². The van der Waals surface area contributed by atoms with Gasteiger partial charge < -0.3 is 9.30 Å². The van der Waals surface area contributed by atoms with E-state index in [0.717, 1.165) is 33.3 Å². The third kappa shape index (κ3) is 4.03. The molecule has 0 amide bonds. The summed E-state index contributed by atoms with van der Waals surface area (Å²) in [7, 11) is 0.151. The number of benzene rings is 2. The largest absolute Gasteiger partial charge is 0.497 e. The van der Waals surface area contributed by atoms with E-state index >= 15 is 0 Å². The zero-order chi connectivity index (χ0) is 18.0. The highest BCUT2D eigenvalue weighted by Gasteiger charge is 2.14. The van der Waals surface area contributed by atoms with E-state index in [1.54, 1.807) is 7.11 Å². The first-order valence-electron chi connectivity index (χ1n) is 8.03. The molecule has 0 saturated carbocycles. The molecule has 3 aromatic rings. The molecule has 3 rings (SSSR count). The monoisotopic (exact) mass is 358 g/mol. The number of nitrogens with one attached hydrogen (secondary N) is 1. The minimum absolute atomic E-state index is 0.0264. The van der Waals surface area contributed by atoms with E-state index in [9.17, 15) is 8.42 Å². The number of aromatic nitrogens is 1. The third-order valence-corrected chi connectivity index (χ3v) is 5.54. The number of ether oxygens (including phenoxy) is 1. The number of aryl methyl sites for hydroxylation is 2. The fraction of sp³-hybridized carbons (Fsp3) is 0.263. The molecule has 0 bridgehead atoms. The number of fused-ring (bicyclic) bond motifs is 1. The van der Waals surface area contributed by atoms with Gasteiger partial charge in [-0.3, -0.25) is 0 Å². The van der Waals surface area contributed by atoms with Crippen LogP contribution in [-0.4, -0.2) is 20.1 Å². The zero-order valence-corrected chi connectivity index (χ0v) is 15.4. The predicted octanol–water partition coefficient (Wildman–Crippen LogP) is 3.11. The molecule has 1 heterocycles. The number of hydrogen-bond acceptors (Lipinski definition) is 3. The number of methoxy groups -OCH3 is 1. The van der Waals surface area contributed by atoms with Gasteiger partial charge in [0.05, 0.1) is 12.9 Å². The summed E-state index contributed by atoms with van der Waals surface area (Å²) in [5.41, 5.74) is 3.84. The van der Waals surface area contributed by atoms with Gasteiger partial charge in [-0.25, -0.2) is 13.1 Å². The second kappa shape index (κ2) is 6.90. The summed E-state index contributed by atoms with van der Waals surface area (Å²) < 4.78 is 34.7. The van der Waals surface area contributed by atoms with E-state index in [2.05, 4.69) is 4.72 Å². The van der Waals surface area contributed by atoms with Crippen molar-refractivity contribution < 1.29 is 13.2 Å². The van der Waals surface area contributed by atoms with Gasteiger partial charge in [0.15, 0.2) is 0 Å². The minimum atomic E-state index is -3.41. The summed E-state index contributed by atoms with van der Waals surface area (Å²) in [6.07, 6.45) is 1.94. The third-order valence-electron chi connectivity index (χ3n) is 4.24. The van der Waals surface area contributed by atoms with Crippen LogP contribution in [0.15, 0.2) is 48.7 Å². The average molecular weight is 358 g/mol. The maximum absolute atomic E-state index is 12.4. The molecule has 0 spiro atoms. The summed E-state index contributed by atoms with van der Waals surface area (Å²) in [5.74, 6) is 0.726. The van der Waals surface area contributed by atoms with Crippen LogP contribution >= 0.6 is 0 Å². The van der Waals surface area contributed by atoms with Crippen molar-refractivity contribution >= 4 is 20.9 Å². The smallest absolute Gasteiger partial charge is 0.216 e. The van der Waals surface area contributed by atoms with Crippen LogP contribution in [0.25, 0.3) is 10.9 Å². The van der Waals surface area contributed by atoms with Crippen molar-refractivity contribution in [1.29, 1.82) is 0 Å². The first kappa shape index (κ1) is 17.5. The molecule has 0 atom stereocenters. The van der Waals surface area contributed by atoms with Crippen molar-refractivity contribution in [3.8, 4) is 5.75 Å². The van der Waals surface area contributed by atoms with Crippen molar-refractivity contribution in [3.63, 3.8) is 0 Å². The molecule has 5 nitrogen and oxygen atoms in total. The Balaban J connectivity index is 1.78. The van der Waals surface area contributed by atoms with Crippen molar-refractivity contribution in [2.45, 2.75) is 19.2 Å². The summed E-state index contributed by atoms with van der Waals surface area (Å²) >= 11 is 0. The predicted molar refractivity (Wildman–Crippen MR) is 100 cm³/mol. The average Bonchev–Trinajstić information content (AvgIpc) is 2.90. The maximum Gasteiger partial charge on any atom is 0.216 e. The first-order valence-corrected chi connectivity index (χ1v) is 9.68. The molecule has 0 aliphatic heterocycles. The van der Waals surface area contributed by atoms with Gasteiger partial charge in [0.2, 0.25) is 10.0 Å². The van der Waals surface area contributed by atoms with Gasteiger partial charge in [0.1, 0.15) is 5.75 Å². The highest BCUT2D eigenvalue weighted by Crippen LogP contribution is 2.25. The summed E-state index contributed by atoms with van der Waals surface area (Å²) in [5, 5.41) is 0.986. The SMILES string of the molecule is COc1ccc2c(c1)c(CNS(=O)(=O)Cc1ccc(C)cc1)cn2C. The molecule has 0 aliphatic carbocycles. The van der Waals surface area contributed by atoms with E-state index in [-0.39, 0.29) is 12.3 Å². The van der Waals surface area contributed by atoms with E-state index in [1.807, 2.05) is 67.2 Å². The number of sulfonamides is 1. The van der Waals surface area contributed by atoms with Crippen LogP contribution in [0.4, 0.5) is 0 Å². The number of hydrogen-bond donors (Lipinski definition) is 1. The molecule has 1 aromatic heterocycles. The second-order valence-corrected chi connectivity index (χ2v) is 8.02. The molecule has 0 fully saturated rings. The Labute approximate surface area is 148 Å². The normalized spacial score (nSPS) is 11.8. The quantitative estimate of drug-likeness (QED) is 0.736. The topological polar surface area (TPSA) is 60.3 Å². The second-order valence-electron chi connectivity index (χ2n) is 6.21. The van der Waals surface area contributed by atoms with Gasteiger partial charge in [-0.05, 0) is 36.2 Å². The van der Waals surface area contributed by atoms with Gasteiger partial charge in [0.25, 0.3) is 0 Å². The molecular formula is C19H22N2O3S. The molecule has 0 unspecified atom stereocenters. The van der Waals surface area contributed by atoms with E-state index in [0.29, 0.717) is 0 Å². The van der Waals surface area contributed by atoms with Crippen LogP contribution in [0, 0.1) is 6.92 Å². The number of rotatable bonds is 6. The Hall–Kier alpha value is -2.31. The van der Waals surface area contributed by atoms with Crippen LogP contribution in [0.5, 0.6) is 5.75 Å². The molecule has 6 heteroatoms. The molecule has 2 aromatic carbocycles. The summed E-state index contributed by atoms with van der Waals surface area (Å²) in [6.45, 7) is 2.23. The Bertz CT molecular complexity index is 989. The van der Waals surface area contributed by atoms with Crippen molar-refractivity contribution in [3.05, 3.63) is 65.4 Å². The van der Waals surface area contributed by atoms with Gasteiger partial charge in [0, 0.05) is 30.7 Å². The van der Waals surface area contributed by atoms with E-state index in [4.69, 9.17) is 4.74 Å². The molecule has 0 radical (unpaired) electrons. The lowest BCUT2D eigenvalue weighted by Crippen LogP contribution is -2.24. The standard InChI is InChI=1S/C19H22N2O3S/c1-14-4-6-15(7-5-14)13-25(22,23)20-11-16-12-21(2)19-9-8-17(24-3)10-18(16)19/h4-10,12,20H,11,13H2,1-3H3. The fourth-order valence-electron chi connectivity index (χ4n) is 2.86. The fourth-order valence-corrected chi connectivity index (χ4v) is 3.97. The zero-order valence-electron chi connectivity index (χ0n) is 14.6. The van der Waals surface area contributed by atoms with Crippen molar-refractivity contribution in [2.75, 3.05) is 7.11 Å². The van der Waals surface area contributed by atoms with Crippen LogP contribution in [0.2, 0.25) is 0 Å². The lowest BCUT2D eigenvalue weighted by atomic mass is 10.1. The molecule has 1 N–H and O–H groups in total. The highest BCUT2D eigenvalue weighted by molar-refractivity contribution is 7.88. The Kier molecular flexibility index (Phi) is 4.83. The van der Waals surface area contributed by atoms with Gasteiger partial charge >= 0.3 is 0 Å². The maximum atomic E-state index is 12.4. The first-order chi connectivity index (χ1) is 11.9. The molecule has 0 saturated heterocycles. The number of nitrogens with zero attached hydrogens (tertiary/aromatic N) is 1. The molecule has 0 aliphatic rings. The minimum Gasteiger partial charge on any atom is -0.497 e. The van der Waals surface area contributed by atoms with Crippen molar-refractivity contribution in [1.82, 2.24) is 9.29 Å². The van der Waals surface area contributed by atoms with Gasteiger partial charge in [-0.2, -0.15) is 0 Å². The lowest BCUT2D eigenvalue weighted by Gasteiger charge is -2.07. The molecular weight excluding hydrogens is 336 g/mol. The Morgan fingerprint density at radius 1 is 1.12 bits per heavy atom. The summed E-state index contributed by atoms with van der Waals surface area (Å²) in [6, 6.07) is 13.3. The molecule has 25 heavy (non-hydrogen) atoms. The highest BCUT2D eigenvalue weighted by atomic mass is 32.2. The van der Waals surface area contributed by atoms with E-state index < -0.39 is 10.0 Å². The van der Waals surface area contributed by atoms with Gasteiger partial charge in [-0.15, -0.1) is 0 Å². The van der Waals surface area contributed by atoms with Crippen molar-refractivity contribution in [2.24, 2.45) is 7.05 Å². The van der Waals surface area contributed by atoms with Crippen LogP contribution < -0.4 is 9.46 Å². The lowest BCUT2D eigenvalue weighted by molar-refractivity contribution is 0.415.